The van der Waals surface area contributed by atoms with Crippen LogP contribution in [0, 0.1) is 0 Å². The first-order valence-corrected chi connectivity index (χ1v) is 8.56. The number of hydrogen-bond donors (Lipinski definition) is 1. The summed E-state index contributed by atoms with van der Waals surface area (Å²) in [5.74, 6) is -0.112. The van der Waals surface area contributed by atoms with Crippen molar-refractivity contribution in [2.45, 2.75) is 6.42 Å². The average molecular weight is 392 g/mol. The van der Waals surface area contributed by atoms with Gasteiger partial charge in [-0.15, -0.1) is 0 Å². The Hall–Kier alpha value is -2.07. The Morgan fingerprint density at radius 2 is 1.52 bits per heavy atom. The van der Waals surface area contributed by atoms with E-state index in [2.05, 4.69) is 4.98 Å². The summed E-state index contributed by atoms with van der Waals surface area (Å²) in [5, 5.41) is 1.40. The summed E-state index contributed by atoms with van der Waals surface area (Å²) in [4.78, 5) is 16.4. The number of halogens is 3. The molecule has 2 N–H and O–H groups in total. The summed E-state index contributed by atoms with van der Waals surface area (Å²) in [6.45, 7) is 0. The molecule has 3 nitrogen and oxygen atoms in total. The number of benzene rings is 2. The lowest BCUT2D eigenvalue weighted by molar-refractivity contribution is 0.103. The van der Waals surface area contributed by atoms with Crippen molar-refractivity contribution >= 4 is 46.3 Å². The van der Waals surface area contributed by atoms with E-state index < -0.39 is 0 Å². The van der Waals surface area contributed by atoms with Crippen LogP contribution in [0.15, 0.2) is 54.7 Å². The van der Waals surface area contributed by atoms with Crippen LogP contribution in [-0.4, -0.2) is 10.8 Å². The molecule has 3 rings (SSSR count). The first-order chi connectivity index (χ1) is 11.9. The van der Waals surface area contributed by atoms with Gasteiger partial charge in [-0.2, -0.15) is 0 Å². The van der Waals surface area contributed by atoms with E-state index in [1.165, 1.54) is 6.20 Å². The van der Waals surface area contributed by atoms with E-state index in [1.54, 1.807) is 36.4 Å². The van der Waals surface area contributed by atoms with Crippen molar-refractivity contribution < 1.29 is 4.79 Å². The van der Waals surface area contributed by atoms with Crippen LogP contribution in [0.1, 0.15) is 27.0 Å². The van der Waals surface area contributed by atoms with Crippen LogP contribution in [0.5, 0.6) is 0 Å². The fourth-order valence-electron chi connectivity index (χ4n) is 2.45. The van der Waals surface area contributed by atoms with E-state index in [1.807, 2.05) is 12.1 Å². The lowest BCUT2D eigenvalue weighted by atomic mass is 10.00. The Balaban J connectivity index is 1.81. The Morgan fingerprint density at radius 1 is 0.920 bits per heavy atom. The fraction of sp³-hybridized carbons (Fsp3) is 0.0526. The SMILES string of the molecule is Nc1cc(Cl)c(Cc2ccc(C(=O)c3ccc(Cl)nc3)cc2)c(Cl)c1. The highest BCUT2D eigenvalue weighted by Crippen LogP contribution is 2.30. The van der Waals surface area contributed by atoms with Gasteiger partial charge in [0.05, 0.1) is 0 Å². The molecule has 0 aliphatic heterocycles. The van der Waals surface area contributed by atoms with Gasteiger partial charge in [0.2, 0.25) is 0 Å². The lowest BCUT2D eigenvalue weighted by Gasteiger charge is -2.09. The number of carbonyl (C=O) groups is 1. The molecule has 0 unspecified atom stereocenters. The number of carbonyl (C=O) groups excluding carboxylic acids is 1. The van der Waals surface area contributed by atoms with E-state index in [9.17, 15) is 4.79 Å². The second kappa shape index (κ2) is 7.44. The molecule has 0 radical (unpaired) electrons. The summed E-state index contributed by atoms with van der Waals surface area (Å²) < 4.78 is 0. The summed E-state index contributed by atoms with van der Waals surface area (Å²) >= 11 is 18.2. The third-order valence-corrected chi connectivity index (χ3v) is 4.65. The normalized spacial score (nSPS) is 10.7. The lowest BCUT2D eigenvalue weighted by Crippen LogP contribution is -2.02. The maximum atomic E-state index is 12.4. The Morgan fingerprint density at radius 3 is 2.08 bits per heavy atom. The number of anilines is 1. The van der Waals surface area contributed by atoms with Crippen molar-refractivity contribution in [2.75, 3.05) is 5.73 Å². The number of pyridine rings is 1. The van der Waals surface area contributed by atoms with Crippen LogP contribution in [0.25, 0.3) is 0 Å². The van der Waals surface area contributed by atoms with Gasteiger partial charge >= 0.3 is 0 Å². The monoisotopic (exact) mass is 390 g/mol. The first kappa shape index (κ1) is 17.7. The van der Waals surface area contributed by atoms with Crippen molar-refractivity contribution in [1.82, 2.24) is 4.98 Å². The zero-order chi connectivity index (χ0) is 18.0. The van der Waals surface area contributed by atoms with Gasteiger partial charge in [0.1, 0.15) is 5.15 Å². The van der Waals surface area contributed by atoms with Crippen LogP contribution in [-0.2, 0) is 6.42 Å². The summed E-state index contributed by atoms with van der Waals surface area (Å²) in [5.41, 5.74) is 9.09. The van der Waals surface area contributed by atoms with Gasteiger partial charge in [-0.1, -0.05) is 59.1 Å². The molecule has 6 heteroatoms. The van der Waals surface area contributed by atoms with E-state index in [4.69, 9.17) is 40.5 Å². The molecule has 0 saturated heterocycles. The molecule has 0 amide bonds. The topological polar surface area (TPSA) is 56.0 Å². The molecule has 3 aromatic rings. The molecular weight excluding hydrogens is 379 g/mol. The number of aromatic nitrogens is 1. The maximum absolute atomic E-state index is 12.4. The highest BCUT2D eigenvalue weighted by Gasteiger charge is 2.11. The Labute approximate surface area is 160 Å². The van der Waals surface area contributed by atoms with Crippen LogP contribution in [0.2, 0.25) is 15.2 Å². The molecule has 1 aromatic heterocycles. The molecule has 0 bridgehead atoms. The minimum Gasteiger partial charge on any atom is -0.399 e. The molecule has 1 heterocycles. The Kier molecular flexibility index (Phi) is 5.28. The van der Waals surface area contributed by atoms with E-state index >= 15 is 0 Å². The third-order valence-electron chi connectivity index (χ3n) is 3.75. The zero-order valence-electron chi connectivity index (χ0n) is 13.0. The van der Waals surface area contributed by atoms with Crippen LogP contribution in [0.3, 0.4) is 0 Å². The van der Waals surface area contributed by atoms with Crippen molar-refractivity contribution in [1.29, 1.82) is 0 Å². The molecule has 25 heavy (non-hydrogen) atoms. The van der Waals surface area contributed by atoms with Gasteiger partial charge in [0, 0.05) is 39.5 Å². The average Bonchev–Trinajstić information content (AvgIpc) is 2.59. The molecule has 0 fully saturated rings. The van der Waals surface area contributed by atoms with E-state index in [0.29, 0.717) is 38.4 Å². The van der Waals surface area contributed by atoms with Gasteiger partial charge in [-0.05, 0) is 35.4 Å². The largest absolute Gasteiger partial charge is 0.399 e. The highest BCUT2D eigenvalue weighted by atomic mass is 35.5. The highest BCUT2D eigenvalue weighted by molar-refractivity contribution is 6.36. The Bertz CT molecular complexity index is 899. The van der Waals surface area contributed by atoms with Crippen molar-refractivity contribution in [2.24, 2.45) is 0 Å². The molecule has 126 valence electrons. The first-order valence-electron chi connectivity index (χ1n) is 7.42. The molecule has 2 aromatic carbocycles. The maximum Gasteiger partial charge on any atom is 0.194 e. The number of rotatable bonds is 4. The van der Waals surface area contributed by atoms with Gasteiger partial charge < -0.3 is 5.73 Å². The predicted octanol–water partition coefficient (Wildman–Crippen LogP) is 5.45. The van der Waals surface area contributed by atoms with Crippen LogP contribution < -0.4 is 5.73 Å². The molecule has 0 saturated carbocycles. The van der Waals surface area contributed by atoms with Gasteiger partial charge in [0.15, 0.2) is 5.78 Å². The molecule has 0 aliphatic carbocycles. The number of hydrogen-bond acceptors (Lipinski definition) is 3. The van der Waals surface area contributed by atoms with Crippen LogP contribution >= 0.6 is 34.8 Å². The van der Waals surface area contributed by atoms with E-state index in [-0.39, 0.29) is 5.78 Å². The number of ketones is 1. The number of nitrogen functional groups attached to an aromatic ring is 1. The second-order valence-corrected chi connectivity index (χ2v) is 6.74. The quantitative estimate of drug-likeness (QED) is 0.366. The minimum absolute atomic E-state index is 0.112. The fourth-order valence-corrected chi connectivity index (χ4v) is 3.20. The van der Waals surface area contributed by atoms with Gasteiger partial charge in [-0.3, -0.25) is 4.79 Å². The third kappa shape index (κ3) is 4.13. The molecule has 0 aliphatic rings. The molecular formula is C19H13Cl3N2O. The summed E-state index contributed by atoms with van der Waals surface area (Å²) in [7, 11) is 0. The number of nitrogens with two attached hydrogens (primary N) is 1. The van der Waals surface area contributed by atoms with Gasteiger partial charge in [0.25, 0.3) is 0 Å². The van der Waals surface area contributed by atoms with Crippen molar-refractivity contribution in [3.05, 3.63) is 92.2 Å². The second-order valence-electron chi connectivity index (χ2n) is 5.54. The zero-order valence-corrected chi connectivity index (χ0v) is 15.2. The smallest absolute Gasteiger partial charge is 0.194 e. The minimum atomic E-state index is -0.112. The predicted molar refractivity (Wildman–Crippen MR) is 103 cm³/mol. The summed E-state index contributed by atoms with van der Waals surface area (Å²) in [6, 6.07) is 13.9. The van der Waals surface area contributed by atoms with E-state index in [0.717, 1.165) is 11.1 Å². The summed E-state index contributed by atoms with van der Waals surface area (Å²) in [6.07, 6.45) is 2.02. The van der Waals surface area contributed by atoms with Gasteiger partial charge in [-0.25, -0.2) is 4.98 Å². The number of nitrogens with zero attached hydrogens (tertiary/aromatic N) is 1. The van der Waals surface area contributed by atoms with Crippen LogP contribution in [0.4, 0.5) is 5.69 Å². The van der Waals surface area contributed by atoms with Crippen molar-refractivity contribution in [3.8, 4) is 0 Å². The molecule has 0 spiro atoms. The molecule has 0 atom stereocenters. The standard InChI is InChI=1S/C19H13Cl3N2O/c20-16-8-14(23)9-17(21)15(16)7-11-1-3-12(4-2-11)19(25)13-5-6-18(22)24-10-13/h1-6,8-10H,7,23H2. The van der Waals surface area contributed by atoms with Crippen molar-refractivity contribution in [3.63, 3.8) is 0 Å².